The van der Waals surface area contributed by atoms with E-state index in [2.05, 4.69) is 0 Å². The number of aromatic nitrogens is 1. The molecular weight excluding hydrogens is 314 g/mol. The number of fused-ring (bicyclic) bond motifs is 1. The van der Waals surface area contributed by atoms with Gasteiger partial charge in [0.2, 0.25) is 0 Å². The summed E-state index contributed by atoms with van der Waals surface area (Å²) in [6.07, 6.45) is 0. The van der Waals surface area contributed by atoms with Crippen LogP contribution in [0.4, 0.5) is 0 Å². The molecule has 0 bridgehead atoms. The molecule has 0 saturated heterocycles. The summed E-state index contributed by atoms with van der Waals surface area (Å²) in [4.78, 5) is 24.5. The van der Waals surface area contributed by atoms with Crippen LogP contribution in [0.25, 0.3) is 10.1 Å². The van der Waals surface area contributed by atoms with Gasteiger partial charge < -0.3 is 9.47 Å². The zero-order valence-corrected chi connectivity index (χ0v) is 15.2. The Labute approximate surface area is 140 Å². The van der Waals surface area contributed by atoms with Gasteiger partial charge in [0.1, 0.15) is 5.75 Å². The van der Waals surface area contributed by atoms with E-state index >= 15 is 0 Å². The molecule has 0 saturated carbocycles. The molecule has 0 atom stereocenters. The monoisotopic (exact) mass is 337 g/mol. The zero-order chi connectivity index (χ0) is 17.4. The summed E-state index contributed by atoms with van der Waals surface area (Å²) in [5.41, 5.74) is 0.228. The average Bonchev–Trinajstić information content (AvgIpc) is 2.79. The van der Waals surface area contributed by atoms with Crippen molar-refractivity contribution in [3.63, 3.8) is 0 Å². The van der Waals surface area contributed by atoms with Gasteiger partial charge in [-0.15, -0.1) is 0 Å². The lowest BCUT2D eigenvalue weighted by Crippen LogP contribution is -2.26. The number of nitrogens with zero attached hydrogens (tertiary/aromatic N) is 1. The Hall–Kier alpha value is -1.82. The van der Waals surface area contributed by atoms with Gasteiger partial charge in [0, 0.05) is 0 Å². The number of carbonyl (C=O) groups is 1. The van der Waals surface area contributed by atoms with Crippen LogP contribution in [0.3, 0.4) is 0 Å². The minimum atomic E-state index is -0.591. The Morgan fingerprint density at radius 2 is 1.96 bits per heavy atom. The Morgan fingerprint density at radius 3 is 2.48 bits per heavy atom. The molecule has 0 aliphatic carbocycles. The maximum atomic E-state index is 12.7. The molecule has 126 valence electrons. The average molecular weight is 337 g/mol. The van der Waals surface area contributed by atoms with Gasteiger partial charge >= 0.3 is 5.97 Å². The number of rotatable bonds is 4. The van der Waals surface area contributed by atoms with Crippen molar-refractivity contribution < 1.29 is 14.3 Å². The van der Waals surface area contributed by atoms with Crippen molar-refractivity contribution in [1.29, 1.82) is 0 Å². The van der Waals surface area contributed by atoms with E-state index in [0.717, 1.165) is 16.0 Å². The molecule has 2 aromatic rings. The zero-order valence-electron chi connectivity index (χ0n) is 14.4. The molecule has 0 aliphatic heterocycles. The van der Waals surface area contributed by atoms with E-state index in [0.29, 0.717) is 5.39 Å². The summed E-state index contributed by atoms with van der Waals surface area (Å²) in [6, 6.07) is 3.74. The van der Waals surface area contributed by atoms with Crippen molar-refractivity contribution in [2.24, 2.45) is 5.41 Å². The lowest BCUT2D eigenvalue weighted by Gasteiger charge is -2.16. The Balaban J connectivity index is 2.44. The quantitative estimate of drug-likeness (QED) is 0.798. The third kappa shape index (κ3) is 3.58. The molecule has 0 radical (unpaired) electrons. The van der Waals surface area contributed by atoms with Crippen LogP contribution in [-0.4, -0.2) is 17.0 Å². The number of carbonyl (C=O) groups excluding carboxylic acids is 1. The summed E-state index contributed by atoms with van der Waals surface area (Å²) < 4.78 is 12.9. The van der Waals surface area contributed by atoms with Crippen LogP contribution in [0.2, 0.25) is 0 Å². The van der Waals surface area contributed by atoms with Gasteiger partial charge in [-0.1, -0.05) is 25.4 Å². The minimum Gasteiger partial charge on any atom is -0.497 e. The van der Waals surface area contributed by atoms with Gasteiger partial charge in [-0.2, -0.15) is 0 Å². The first kappa shape index (κ1) is 17.5. The molecule has 5 nitrogen and oxygen atoms in total. The molecular formula is C17H23NO4S. The summed E-state index contributed by atoms with van der Waals surface area (Å²) >= 11 is 1.28. The van der Waals surface area contributed by atoms with Crippen LogP contribution in [0, 0.1) is 5.41 Å². The van der Waals surface area contributed by atoms with E-state index in [1.165, 1.54) is 15.5 Å². The smallest absolute Gasteiger partial charge is 0.312 e. The van der Waals surface area contributed by atoms with Gasteiger partial charge in [0.15, 0.2) is 6.73 Å². The topological polar surface area (TPSA) is 57.5 Å². The van der Waals surface area contributed by atoms with Crippen LogP contribution in [0.5, 0.6) is 5.75 Å². The van der Waals surface area contributed by atoms with E-state index in [9.17, 15) is 9.59 Å². The third-order valence-electron chi connectivity index (χ3n) is 3.54. The van der Waals surface area contributed by atoms with Crippen LogP contribution in [0.15, 0.2) is 16.9 Å². The third-order valence-corrected chi connectivity index (χ3v) is 4.55. The molecule has 0 N–H and O–H groups in total. The van der Waals surface area contributed by atoms with Crippen molar-refractivity contribution in [2.75, 3.05) is 7.11 Å². The fourth-order valence-electron chi connectivity index (χ4n) is 2.19. The molecule has 23 heavy (non-hydrogen) atoms. The molecule has 1 heterocycles. The molecule has 0 aliphatic rings. The SMILES string of the molecule is COc1cc(C(C)C)c2c(=O)n(COC(=O)C(C)(C)C)sc2c1. The molecule has 0 unspecified atom stereocenters. The van der Waals surface area contributed by atoms with Gasteiger partial charge in [-0.25, -0.2) is 3.96 Å². The number of esters is 1. The standard InChI is InChI=1S/C17H23NO4S/c1-10(2)12-7-11(21-6)8-13-14(12)15(19)18(23-13)9-22-16(20)17(3,4)5/h7-8,10H,9H2,1-6H3. The van der Waals surface area contributed by atoms with E-state index < -0.39 is 5.41 Å². The molecule has 0 spiro atoms. The highest BCUT2D eigenvalue weighted by Crippen LogP contribution is 2.31. The summed E-state index contributed by atoms with van der Waals surface area (Å²) in [5.74, 6) is 0.588. The highest BCUT2D eigenvalue weighted by molar-refractivity contribution is 7.13. The predicted molar refractivity (Wildman–Crippen MR) is 92.3 cm³/mol. The second-order valence-electron chi connectivity index (χ2n) is 6.83. The number of hydrogen-bond acceptors (Lipinski definition) is 5. The first-order valence-corrected chi connectivity index (χ1v) is 8.31. The highest BCUT2D eigenvalue weighted by Gasteiger charge is 2.24. The maximum absolute atomic E-state index is 12.7. The van der Waals surface area contributed by atoms with E-state index in [1.54, 1.807) is 27.9 Å². The van der Waals surface area contributed by atoms with Crippen LogP contribution in [-0.2, 0) is 16.3 Å². The van der Waals surface area contributed by atoms with Gasteiger partial charge in [-0.05, 0) is 44.4 Å². The minimum absolute atomic E-state index is 0.0614. The summed E-state index contributed by atoms with van der Waals surface area (Å²) in [7, 11) is 1.61. The van der Waals surface area contributed by atoms with E-state index in [1.807, 2.05) is 26.0 Å². The molecule has 0 amide bonds. The van der Waals surface area contributed by atoms with Crippen molar-refractivity contribution in [2.45, 2.75) is 47.3 Å². The van der Waals surface area contributed by atoms with Crippen LogP contribution >= 0.6 is 11.5 Å². The fraction of sp³-hybridized carbons (Fsp3) is 0.529. The summed E-state index contributed by atoms with van der Waals surface area (Å²) in [6.45, 7) is 9.36. The Bertz CT molecular complexity index is 780. The first-order valence-electron chi connectivity index (χ1n) is 7.54. The van der Waals surface area contributed by atoms with Crippen LogP contribution in [0.1, 0.15) is 46.1 Å². The second-order valence-corrected chi connectivity index (χ2v) is 7.89. The molecule has 6 heteroatoms. The second kappa shape index (κ2) is 6.35. The lowest BCUT2D eigenvalue weighted by molar-refractivity contribution is -0.156. The van der Waals surface area contributed by atoms with Crippen LogP contribution < -0.4 is 10.3 Å². The van der Waals surface area contributed by atoms with Gasteiger partial charge in [0.05, 0.1) is 22.6 Å². The van der Waals surface area contributed by atoms with Crippen molar-refractivity contribution >= 4 is 27.6 Å². The number of ether oxygens (including phenoxy) is 2. The van der Waals surface area contributed by atoms with E-state index in [4.69, 9.17) is 9.47 Å². The lowest BCUT2D eigenvalue weighted by atomic mass is 9.98. The molecule has 2 rings (SSSR count). The van der Waals surface area contributed by atoms with Gasteiger partial charge in [-0.3, -0.25) is 9.59 Å². The summed E-state index contributed by atoms with van der Waals surface area (Å²) in [5, 5.41) is 0.678. The predicted octanol–water partition coefficient (Wildman–Crippen LogP) is 3.74. The van der Waals surface area contributed by atoms with Crippen molar-refractivity contribution in [3.8, 4) is 5.75 Å². The number of methoxy groups -OCH3 is 1. The Morgan fingerprint density at radius 1 is 1.30 bits per heavy atom. The molecule has 1 aromatic heterocycles. The Kier molecular flexibility index (Phi) is 4.84. The van der Waals surface area contributed by atoms with Crippen molar-refractivity contribution in [1.82, 2.24) is 3.96 Å². The highest BCUT2D eigenvalue weighted by atomic mass is 32.1. The number of hydrogen-bond donors (Lipinski definition) is 0. The fourth-order valence-corrected chi connectivity index (χ4v) is 3.17. The van der Waals surface area contributed by atoms with E-state index in [-0.39, 0.29) is 24.2 Å². The van der Waals surface area contributed by atoms with Crippen molar-refractivity contribution in [3.05, 3.63) is 28.0 Å². The van der Waals surface area contributed by atoms with Gasteiger partial charge in [0.25, 0.3) is 5.56 Å². The maximum Gasteiger partial charge on any atom is 0.312 e. The largest absolute Gasteiger partial charge is 0.497 e. The normalized spacial score (nSPS) is 12.0. The first-order chi connectivity index (χ1) is 10.6. The molecule has 0 fully saturated rings. The number of benzene rings is 1. The molecule has 1 aromatic carbocycles.